The first-order chi connectivity index (χ1) is 11.2. The second-order valence-corrected chi connectivity index (χ2v) is 5.94. The first-order valence-corrected chi connectivity index (χ1v) is 7.88. The van der Waals surface area contributed by atoms with E-state index in [1.807, 2.05) is 0 Å². The minimum atomic E-state index is -0.400. The number of rotatable bonds is 3. The number of carbonyl (C=O) groups is 1. The third kappa shape index (κ3) is 3.71. The molecule has 0 saturated heterocycles. The third-order valence-electron chi connectivity index (χ3n) is 4.34. The van der Waals surface area contributed by atoms with Crippen LogP contribution in [0.4, 0.5) is 10.5 Å². The molecule has 0 radical (unpaired) electrons. The maximum atomic E-state index is 12.2. The van der Waals surface area contributed by atoms with E-state index in [1.165, 1.54) is 6.07 Å². The number of amides is 2. The highest BCUT2D eigenvalue weighted by Gasteiger charge is 2.25. The highest BCUT2D eigenvalue weighted by atomic mass is 16.4. The quantitative estimate of drug-likeness (QED) is 0.759. The van der Waals surface area contributed by atoms with Crippen molar-refractivity contribution in [3.05, 3.63) is 40.8 Å². The van der Waals surface area contributed by atoms with Crippen LogP contribution in [0.1, 0.15) is 25.7 Å². The molecule has 0 bridgehead atoms. The van der Waals surface area contributed by atoms with Gasteiger partial charge in [-0.05, 0) is 37.1 Å². The average Bonchev–Trinajstić information content (AvgIpc) is 2.55. The zero-order valence-electron chi connectivity index (χ0n) is 12.7. The maximum Gasteiger partial charge on any atom is 0.336 e. The molecule has 0 aliphatic heterocycles. The number of fused-ring (bicyclic) bond motifs is 1. The molecule has 1 aliphatic rings. The van der Waals surface area contributed by atoms with Crippen molar-refractivity contribution in [1.82, 2.24) is 5.32 Å². The van der Waals surface area contributed by atoms with Gasteiger partial charge < -0.3 is 20.2 Å². The van der Waals surface area contributed by atoms with Gasteiger partial charge in [-0.1, -0.05) is 12.8 Å². The molecule has 2 atom stereocenters. The highest BCUT2D eigenvalue weighted by Crippen LogP contribution is 2.24. The summed E-state index contributed by atoms with van der Waals surface area (Å²) < 4.78 is 5.06. The van der Waals surface area contributed by atoms with Gasteiger partial charge in [0.15, 0.2) is 0 Å². The van der Waals surface area contributed by atoms with Gasteiger partial charge in [-0.2, -0.15) is 0 Å². The van der Waals surface area contributed by atoms with Crippen LogP contribution in [0, 0.1) is 5.92 Å². The van der Waals surface area contributed by atoms with E-state index in [2.05, 4.69) is 10.6 Å². The van der Waals surface area contributed by atoms with E-state index >= 15 is 0 Å². The molecule has 2 unspecified atom stereocenters. The van der Waals surface area contributed by atoms with Gasteiger partial charge in [-0.25, -0.2) is 9.59 Å². The van der Waals surface area contributed by atoms with E-state index in [0.29, 0.717) is 11.3 Å². The van der Waals surface area contributed by atoms with Crippen LogP contribution in [0.2, 0.25) is 0 Å². The van der Waals surface area contributed by atoms with Crippen molar-refractivity contribution in [3.63, 3.8) is 0 Å². The van der Waals surface area contributed by atoms with E-state index < -0.39 is 5.63 Å². The van der Waals surface area contributed by atoms with Crippen molar-refractivity contribution in [2.75, 3.05) is 11.9 Å². The molecule has 1 aliphatic carbocycles. The van der Waals surface area contributed by atoms with Gasteiger partial charge in [-0.3, -0.25) is 0 Å². The van der Waals surface area contributed by atoms with Gasteiger partial charge in [0.25, 0.3) is 0 Å². The van der Waals surface area contributed by atoms with Crippen molar-refractivity contribution in [1.29, 1.82) is 0 Å². The zero-order valence-corrected chi connectivity index (χ0v) is 12.7. The van der Waals surface area contributed by atoms with E-state index in [1.54, 1.807) is 24.3 Å². The van der Waals surface area contributed by atoms with Crippen molar-refractivity contribution in [2.45, 2.75) is 31.7 Å². The second kappa shape index (κ2) is 6.83. The lowest BCUT2D eigenvalue weighted by molar-refractivity contribution is 0.156. The summed E-state index contributed by atoms with van der Waals surface area (Å²) in [4.78, 5) is 23.3. The van der Waals surface area contributed by atoms with Gasteiger partial charge in [0.1, 0.15) is 5.58 Å². The molecule has 1 aromatic heterocycles. The summed E-state index contributed by atoms with van der Waals surface area (Å²) in [5.74, 6) is 0.125. The van der Waals surface area contributed by atoms with Crippen LogP contribution >= 0.6 is 0 Å². The van der Waals surface area contributed by atoms with E-state index in [4.69, 9.17) is 4.42 Å². The molecule has 0 spiro atoms. The van der Waals surface area contributed by atoms with Crippen molar-refractivity contribution < 1.29 is 14.3 Å². The van der Waals surface area contributed by atoms with Crippen molar-refractivity contribution in [2.24, 2.45) is 5.92 Å². The standard InChI is InChI=1S/C17H20N2O4/c20-10-12-3-1-2-4-14(12)19-17(22)18-13-6-7-15-11(9-13)5-8-16(21)23-15/h5-9,12,14,20H,1-4,10H2,(H2,18,19,22). The average molecular weight is 316 g/mol. The molecule has 2 aromatic rings. The monoisotopic (exact) mass is 316 g/mol. The van der Waals surface area contributed by atoms with Crippen LogP contribution in [0.15, 0.2) is 39.5 Å². The molecule has 6 heteroatoms. The molecule has 1 heterocycles. The van der Waals surface area contributed by atoms with Crippen molar-refractivity contribution >= 4 is 22.7 Å². The molecular formula is C17H20N2O4. The number of carbonyl (C=O) groups excluding carboxylic acids is 1. The Balaban J connectivity index is 1.67. The zero-order chi connectivity index (χ0) is 16.2. The highest BCUT2D eigenvalue weighted by molar-refractivity contribution is 5.92. The number of benzene rings is 1. The van der Waals surface area contributed by atoms with Gasteiger partial charge in [0, 0.05) is 35.7 Å². The van der Waals surface area contributed by atoms with Crippen LogP contribution in [0.25, 0.3) is 11.0 Å². The molecule has 1 aromatic carbocycles. The summed E-state index contributed by atoms with van der Waals surface area (Å²) in [7, 11) is 0. The summed E-state index contributed by atoms with van der Waals surface area (Å²) in [6.07, 6.45) is 4.00. The number of urea groups is 1. The number of aliphatic hydroxyl groups excluding tert-OH is 1. The van der Waals surface area contributed by atoms with E-state index in [9.17, 15) is 14.7 Å². The summed E-state index contributed by atoms with van der Waals surface area (Å²) in [6.45, 7) is 0.0972. The molecule has 1 fully saturated rings. The topological polar surface area (TPSA) is 91.6 Å². The number of aliphatic hydroxyl groups is 1. The minimum absolute atomic E-state index is 0.00669. The molecule has 6 nitrogen and oxygen atoms in total. The molecule has 122 valence electrons. The Bertz CT molecular complexity index is 756. The summed E-state index contributed by atoms with van der Waals surface area (Å²) in [5, 5.41) is 15.9. The van der Waals surface area contributed by atoms with Crippen LogP contribution in [0.3, 0.4) is 0 Å². The van der Waals surface area contributed by atoms with Crippen molar-refractivity contribution in [3.8, 4) is 0 Å². The van der Waals surface area contributed by atoms with Crippen LogP contribution in [-0.2, 0) is 0 Å². The fourth-order valence-electron chi connectivity index (χ4n) is 3.10. The summed E-state index contributed by atoms with van der Waals surface area (Å²) in [6, 6.07) is 7.83. The normalized spacial score (nSPS) is 21.1. The molecule has 3 rings (SSSR count). The van der Waals surface area contributed by atoms with E-state index in [0.717, 1.165) is 31.1 Å². The smallest absolute Gasteiger partial charge is 0.336 e. The Morgan fingerprint density at radius 1 is 1.22 bits per heavy atom. The lowest BCUT2D eigenvalue weighted by atomic mass is 9.85. The molecule has 1 saturated carbocycles. The molecule has 3 N–H and O–H groups in total. The van der Waals surface area contributed by atoms with E-state index in [-0.39, 0.29) is 24.6 Å². The molecule has 23 heavy (non-hydrogen) atoms. The summed E-state index contributed by atoms with van der Waals surface area (Å²) in [5.41, 5.74) is 0.708. The van der Waals surface area contributed by atoms with Crippen LogP contribution < -0.4 is 16.3 Å². The SMILES string of the molecule is O=C(Nc1ccc2oc(=O)ccc2c1)NC1CCCCC1CO. The number of anilines is 1. The second-order valence-electron chi connectivity index (χ2n) is 5.94. The molecule has 2 amide bonds. The fourth-order valence-corrected chi connectivity index (χ4v) is 3.10. The third-order valence-corrected chi connectivity index (χ3v) is 4.34. The Labute approximate surface area is 133 Å². The van der Waals surface area contributed by atoms with Gasteiger partial charge in [0.05, 0.1) is 0 Å². The predicted octanol–water partition coefficient (Wildman–Crippen LogP) is 2.47. The summed E-state index contributed by atoms with van der Waals surface area (Å²) >= 11 is 0. The number of hydrogen-bond acceptors (Lipinski definition) is 4. The fraction of sp³-hybridized carbons (Fsp3) is 0.412. The lowest BCUT2D eigenvalue weighted by Gasteiger charge is -2.30. The first kappa shape index (κ1) is 15.6. The lowest BCUT2D eigenvalue weighted by Crippen LogP contribution is -2.45. The Morgan fingerprint density at radius 3 is 2.87 bits per heavy atom. The van der Waals surface area contributed by atoms with Gasteiger partial charge >= 0.3 is 11.7 Å². The number of nitrogens with one attached hydrogen (secondary N) is 2. The Morgan fingerprint density at radius 2 is 2.04 bits per heavy atom. The van der Waals surface area contributed by atoms with Crippen LogP contribution in [0.5, 0.6) is 0 Å². The largest absolute Gasteiger partial charge is 0.423 e. The predicted molar refractivity (Wildman–Crippen MR) is 87.5 cm³/mol. The number of hydrogen-bond donors (Lipinski definition) is 3. The first-order valence-electron chi connectivity index (χ1n) is 7.88. The van der Waals surface area contributed by atoms with Crippen LogP contribution in [-0.4, -0.2) is 23.8 Å². The van der Waals surface area contributed by atoms with Gasteiger partial charge in [-0.15, -0.1) is 0 Å². The minimum Gasteiger partial charge on any atom is -0.423 e. The van der Waals surface area contributed by atoms with Gasteiger partial charge in [0.2, 0.25) is 0 Å². The Hall–Kier alpha value is -2.34. The molecular weight excluding hydrogens is 296 g/mol. The maximum absolute atomic E-state index is 12.2. The Kier molecular flexibility index (Phi) is 4.62.